The van der Waals surface area contributed by atoms with Crippen molar-refractivity contribution in [1.82, 2.24) is 0 Å². The van der Waals surface area contributed by atoms with Gasteiger partial charge in [0.15, 0.2) is 6.23 Å². The van der Waals surface area contributed by atoms with Gasteiger partial charge in [-0.05, 0) is 23.6 Å². The summed E-state index contributed by atoms with van der Waals surface area (Å²) in [5, 5.41) is 12.5. The fourth-order valence-electron chi connectivity index (χ4n) is 2.26. The Hall–Kier alpha value is -1.69. The Morgan fingerprint density at radius 2 is 2.11 bits per heavy atom. The largest absolute Gasteiger partial charge is 0.368 e. The molecule has 1 unspecified atom stereocenters. The number of thiophene rings is 1. The van der Waals surface area contributed by atoms with Crippen LogP contribution in [-0.2, 0) is 0 Å². The number of nitrogens with zero attached hydrogens (tertiary/aromatic N) is 2. The molecule has 0 saturated carbocycles. The SMILES string of the molecule is NCCN1c2ccccc2N=C(c2cccs2)C1O. The van der Waals surface area contributed by atoms with Crippen LogP contribution in [0.3, 0.4) is 0 Å². The molecular formula is C14H15N3OS. The monoisotopic (exact) mass is 273 g/mol. The van der Waals surface area contributed by atoms with E-state index in [0.29, 0.717) is 18.8 Å². The van der Waals surface area contributed by atoms with Gasteiger partial charge < -0.3 is 15.7 Å². The molecule has 0 fully saturated rings. The van der Waals surface area contributed by atoms with Crippen molar-refractivity contribution in [2.24, 2.45) is 10.7 Å². The van der Waals surface area contributed by atoms with Crippen LogP contribution in [0.1, 0.15) is 4.88 Å². The normalized spacial score (nSPS) is 18.1. The Balaban J connectivity index is 2.10. The zero-order chi connectivity index (χ0) is 13.2. The Kier molecular flexibility index (Phi) is 3.33. The highest BCUT2D eigenvalue weighted by Crippen LogP contribution is 2.35. The molecule has 0 amide bonds. The molecule has 4 nitrogen and oxygen atoms in total. The second-order valence-corrected chi connectivity index (χ2v) is 5.27. The summed E-state index contributed by atoms with van der Waals surface area (Å²) in [4.78, 5) is 7.49. The summed E-state index contributed by atoms with van der Waals surface area (Å²) >= 11 is 1.58. The average molecular weight is 273 g/mol. The molecule has 1 aliphatic rings. The first kappa shape index (κ1) is 12.3. The number of hydrogen-bond donors (Lipinski definition) is 2. The van der Waals surface area contributed by atoms with Gasteiger partial charge in [0.1, 0.15) is 5.71 Å². The molecule has 19 heavy (non-hydrogen) atoms. The maximum Gasteiger partial charge on any atom is 0.172 e. The van der Waals surface area contributed by atoms with Crippen molar-refractivity contribution in [1.29, 1.82) is 0 Å². The van der Waals surface area contributed by atoms with Crippen LogP contribution >= 0.6 is 11.3 Å². The van der Waals surface area contributed by atoms with E-state index < -0.39 is 6.23 Å². The van der Waals surface area contributed by atoms with E-state index in [1.54, 1.807) is 11.3 Å². The predicted octanol–water partition coefficient (Wildman–Crippen LogP) is 1.97. The van der Waals surface area contributed by atoms with Gasteiger partial charge in [0.05, 0.1) is 16.3 Å². The Bertz CT molecular complexity index is 594. The number of aliphatic hydroxyl groups excluding tert-OH is 1. The topological polar surface area (TPSA) is 61.8 Å². The highest BCUT2D eigenvalue weighted by molar-refractivity contribution is 7.12. The molecular weight excluding hydrogens is 258 g/mol. The molecule has 0 radical (unpaired) electrons. The van der Waals surface area contributed by atoms with Gasteiger partial charge in [-0.15, -0.1) is 11.3 Å². The van der Waals surface area contributed by atoms with Gasteiger partial charge in [-0.3, -0.25) is 0 Å². The fraction of sp³-hybridized carbons (Fsp3) is 0.214. The number of aliphatic imine (C=N–C) groups is 1. The molecule has 1 aliphatic heterocycles. The van der Waals surface area contributed by atoms with E-state index in [1.165, 1.54) is 0 Å². The fourth-order valence-corrected chi connectivity index (χ4v) is 2.99. The van der Waals surface area contributed by atoms with E-state index >= 15 is 0 Å². The van der Waals surface area contributed by atoms with Crippen molar-refractivity contribution in [2.45, 2.75) is 6.23 Å². The standard InChI is InChI=1S/C14H15N3OS/c15-7-8-17-11-5-2-1-4-10(11)16-13(14(17)18)12-6-3-9-19-12/h1-6,9,14,18H,7-8,15H2. The van der Waals surface area contributed by atoms with Crippen LogP contribution in [0.15, 0.2) is 46.8 Å². The second kappa shape index (κ2) is 5.13. The van der Waals surface area contributed by atoms with Gasteiger partial charge in [-0.1, -0.05) is 18.2 Å². The van der Waals surface area contributed by atoms with E-state index in [9.17, 15) is 5.11 Å². The lowest BCUT2D eigenvalue weighted by atomic mass is 10.1. The summed E-state index contributed by atoms with van der Waals surface area (Å²) in [7, 11) is 0. The van der Waals surface area contributed by atoms with Crippen LogP contribution in [-0.4, -0.2) is 30.1 Å². The van der Waals surface area contributed by atoms with Crippen molar-refractivity contribution in [3.8, 4) is 0 Å². The summed E-state index contributed by atoms with van der Waals surface area (Å²) in [6.45, 7) is 1.09. The number of hydrogen-bond acceptors (Lipinski definition) is 5. The summed E-state index contributed by atoms with van der Waals surface area (Å²) in [5.41, 5.74) is 8.16. The van der Waals surface area contributed by atoms with Crippen molar-refractivity contribution in [3.63, 3.8) is 0 Å². The molecule has 0 spiro atoms. The Labute approximate surface area is 115 Å². The summed E-state index contributed by atoms with van der Waals surface area (Å²) < 4.78 is 0. The van der Waals surface area contributed by atoms with E-state index in [0.717, 1.165) is 16.3 Å². The number of benzene rings is 1. The van der Waals surface area contributed by atoms with Gasteiger partial charge in [-0.25, -0.2) is 4.99 Å². The number of nitrogens with two attached hydrogens (primary N) is 1. The van der Waals surface area contributed by atoms with Crippen molar-refractivity contribution < 1.29 is 5.11 Å². The Morgan fingerprint density at radius 3 is 2.84 bits per heavy atom. The van der Waals surface area contributed by atoms with Gasteiger partial charge in [-0.2, -0.15) is 0 Å². The molecule has 5 heteroatoms. The van der Waals surface area contributed by atoms with Gasteiger partial charge >= 0.3 is 0 Å². The van der Waals surface area contributed by atoms with E-state index in [4.69, 9.17) is 5.73 Å². The minimum absolute atomic E-state index is 0.489. The number of para-hydroxylation sites is 2. The zero-order valence-electron chi connectivity index (χ0n) is 10.4. The number of aliphatic hydroxyl groups is 1. The third-order valence-electron chi connectivity index (χ3n) is 3.12. The van der Waals surface area contributed by atoms with Gasteiger partial charge in [0.2, 0.25) is 0 Å². The van der Waals surface area contributed by atoms with E-state index in [-0.39, 0.29) is 0 Å². The minimum atomic E-state index is -0.739. The van der Waals surface area contributed by atoms with Gasteiger partial charge in [0, 0.05) is 13.1 Å². The summed E-state index contributed by atoms with van der Waals surface area (Å²) in [6.07, 6.45) is -0.739. The number of anilines is 1. The third kappa shape index (κ3) is 2.16. The molecule has 2 aromatic rings. The lowest BCUT2D eigenvalue weighted by Crippen LogP contribution is -2.45. The maximum atomic E-state index is 10.5. The lowest BCUT2D eigenvalue weighted by molar-refractivity contribution is 0.234. The summed E-state index contributed by atoms with van der Waals surface area (Å²) in [6, 6.07) is 11.7. The lowest BCUT2D eigenvalue weighted by Gasteiger charge is -2.34. The Morgan fingerprint density at radius 1 is 1.26 bits per heavy atom. The first-order chi connectivity index (χ1) is 9.31. The summed E-state index contributed by atoms with van der Waals surface area (Å²) in [5.74, 6) is 0. The highest BCUT2D eigenvalue weighted by atomic mass is 32.1. The molecule has 0 aliphatic carbocycles. The second-order valence-electron chi connectivity index (χ2n) is 4.32. The maximum absolute atomic E-state index is 10.5. The first-order valence-electron chi connectivity index (χ1n) is 6.17. The molecule has 0 saturated heterocycles. The number of rotatable bonds is 3. The third-order valence-corrected chi connectivity index (χ3v) is 4.01. The average Bonchev–Trinajstić information content (AvgIpc) is 2.95. The molecule has 0 bridgehead atoms. The zero-order valence-corrected chi connectivity index (χ0v) is 11.2. The molecule has 2 heterocycles. The molecule has 98 valence electrons. The smallest absolute Gasteiger partial charge is 0.172 e. The molecule has 3 N–H and O–H groups in total. The highest BCUT2D eigenvalue weighted by Gasteiger charge is 2.29. The first-order valence-corrected chi connectivity index (χ1v) is 7.05. The van der Waals surface area contributed by atoms with E-state index in [2.05, 4.69) is 4.99 Å². The molecule has 1 aromatic heterocycles. The molecule has 1 aromatic carbocycles. The molecule has 3 rings (SSSR count). The minimum Gasteiger partial charge on any atom is -0.368 e. The van der Waals surface area contributed by atoms with Crippen LogP contribution in [0.25, 0.3) is 0 Å². The predicted molar refractivity (Wildman–Crippen MR) is 79.4 cm³/mol. The van der Waals surface area contributed by atoms with Crippen molar-refractivity contribution in [2.75, 3.05) is 18.0 Å². The van der Waals surface area contributed by atoms with Crippen LogP contribution in [0, 0.1) is 0 Å². The van der Waals surface area contributed by atoms with Crippen LogP contribution in [0.4, 0.5) is 11.4 Å². The number of fused-ring (bicyclic) bond motifs is 1. The van der Waals surface area contributed by atoms with E-state index in [1.807, 2.05) is 46.7 Å². The van der Waals surface area contributed by atoms with Crippen LogP contribution in [0.2, 0.25) is 0 Å². The van der Waals surface area contributed by atoms with Crippen molar-refractivity contribution >= 4 is 28.4 Å². The molecule has 1 atom stereocenters. The quantitative estimate of drug-likeness (QED) is 0.898. The van der Waals surface area contributed by atoms with Crippen LogP contribution < -0.4 is 10.6 Å². The van der Waals surface area contributed by atoms with Crippen LogP contribution in [0.5, 0.6) is 0 Å². The van der Waals surface area contributed by atoms with Crippen molar-refractivity contribution in [3.05, 3.63) is 46.7 Å². The van der Waals surface area contributed by atoms with Gasteiger partial charge in [0.25, 0.3) is 0 Å².